The van der Waals surface area contributed by atoms with Crippen molar-refractivity contribution in [3.63, 3.8) is 0 Å². The van der Waals surface area contributed by atoms with Gasteiger partial charge >= 0.3 is 0 Å². The van der Waals surface area contributed by atoms with Crippen LogP contribution in [0.3, 0.4) is 0 Å². The number of benzene rings is 1. The van der Waals surface area contributed by atoms with Crippen molar-refractivity contribution in [1.82, 2.24) is 10.3 Å². The maximum Gasteiger partial charge on any atom is 0.269 e. The quantitative estimate of drug-likeness (QED) is 0.856. The topological polar surface area (TPSA) is 54.0 Å². The highest BCUT2D eigenvalue weighted by atomic mass is 16.1. The molecule has 110 valence electrons. The van der Waals surface area contributed by atoms with Crippen LogP contribution in [0.1, 0.15) is 35.3 Å². The Morgan fingerprint density at radius 3 is 2.71 bits per heavy atom. The number of anilines is 1. The molecule has 4 heteroatoms. The summed E-state index contributed by atoms with van der Waals surface area (Å²) in [5.74, 6) is 0.287. The minimum absolute atomic E-state index is 0.132. The summed E-state index contributed by atoms with van der Waals surface area (Å²) in [5, 5.41) is 5.92. The Labute approximate surface area is 125 Å². The molecule has 0 aliphatic rings. The zero-order chi connectivity index (χ0) is 15.1. The molecule has 0 fully saturated rings. The lowest BCUT2D eigenvalue weighted by Gasteiger charge is -2.12. The Bertz CT molecular complexity index is 584. The number of rotatable bonds is 6. The maximum atomic E-state index is 12.0. The zero-order valence-corrected chi connectivity index (χ0v) is 12.5. The van der Waals surface area contributed by atoms with Gasteiger partial charge in [-0.2, -0.15) is 0 Å². The van der Waals surface area contributed by atoms with Crippen molar-refractivity contribution in [3.8, 4) is 0 Å². The van der Waals surface area contributed by atoms with Crippen LogP contribution in [0.5, 0.6) is 0 Å². The van der Waals surface area contributed by atoms with Crippen molar-refractivity contribution in [2.45, 2.75) is 19.3 Å². The summed E-state index contributed by atoms with van der Waals surface area (Å²) in [6, 6.07) is 13.9. The molecular formula is C17H21N3O. The third-order valence-electron chi connectivity index (χ3n) is 3.51. The standard InChI is InChI=1S/C17H21N3O/c1-13(14-6-4-3-5-7-14)8-10-20-17(21)16-12-15(18-2)9-11-19-16/h3-7,9,11-13H,8,10H2,1-2H3,(H,18,19)(H,20,21). The Kier molecular flexibility index (Phi) is 5.32. The summed E-state index contributed by atoms with van der Waals surface area (Å²) in [4.78, 5) is 16.1. The van der Waals surface area contributed by atoms with E-state index >= 15 is 0 Å². The minimum atomic E-state index is -0.132. The number of hydrogen-bond donors (Lipinski definition) is 2. The molecule has 1 atom stereocenters. The van der Waals surface area contributed by atoms with Crippen LogP contribution in [0, 0.1) is 0 Å². The van der Waals surface area contributed by atoms with Crippen molar-refractivity contribution < 1.29 is 4.79 Å². The van der Waals surface area contributed by atoms with Gasteiger partial charge in [0.1, 0.15) is 5.69 Å². The van der Waals surface area contributed by atoms with Gasteiger partial charge in [-0.05, 0) is 30.0 Å². The van der Waals surface area contributed by atoms with Gasteiger partial charge in [-0.15, -0.1) is 0 Å². The van der Waals surface area contributed by atoms with Gasteiger partial charge in [0.15, 0.2) is 0 Å². The zero-order valence-electron chi connectivity index (χ0n) is 12.5. The molecule has 4 nitrogen and oxygen atoms in total. The second-order valence-electron chi connectivity index (χ2n) is 5.04. The normalized spacial score (nSPS) is 11.7. The number of aromatic nitrogens is 1. The highest BCUT2D eigenvalue weighted by molar-refractivity contribution is 5.93. The van der Waals surface area contributed by atoms with E-state index < -0.39 is 0 Å². The number of hydrogen-bond acceptors (Lipinski definition) is 3. The van der Waals surface area contributed by atoms with Crippen LogP contribution < -0.4 is 10.6 Å². The third-order valence-corrected chi connectivity index (χ3v) is 3.51. The van der Waals surface area contributed by atoms with Crippen molar-refractivity contribution in [1.29, 1.82) is 0 Å². The highest BCUT2D eigenvalue weighted by Crippen LogP contribution is 2.17. The van der Waals surface area contributed by atoms with Gasteiger partial charge in [0.05, 0.1) is 0 Å². The number of carbonyl (C=O) groups is 1. The molecule has 0 spiro atoms. The Morgan fingerprint density at radius 1 is 1.24 bits per heavy atom. The molecule has 2 N–H and O–H groups in total. The lowest BCUT2D eigenvalue weighted by atomic mass is 9.98. The summed E-state index contributed by atoms with van der Waals surface area (Å²) in [5.41, 5.74) is 2.61. The van der Waals surface area contributed by atoms with E-state index in [-0.39, 0.29) is 5.91 Å². The van der Waals surface area contributed by atoms with Gasteiger partial charge in [-0.1, -0.05) is 37.3 Å². The fourth-order valence-corrected chi connectivity index (χ4v) is 2.15. The maximum absolute atomic E-state index is 12.0. The average Bonchev–Trinajstić information content (AvgIpc) is 2.55. The predicted octanol–water partition coefficient (Wildman–Crippen LogP) is 3.05. The number of amides is 1. The van der Waals surface area contributed by atoms with E-state index in [4.69, 9.17) is 0 Å². The van der Waals surface area contributed by atoms with Crippen LogP contribution in [-0.2, 0) is 0 Å². The molecule has 21 heavy (non-hydrogen) atoms. The van der Waals surface area contributed by atoms with E-state index in [1.807, 2.05) is 31.3 Å². The van der Waals surface area contributed by atoms with Crippen LogP contribution in [0.4, 0.5) is 5.69 Å². The fraction of sp³-hybridized carbons (Fsp3) is 0.294. The summed E-state index contributed by atoms with van der Waals surface area (Å²) < 4.78 is 0. The fourth-order valence-electron chi connectivity index (χ4n) is 2.15. The highest BCUT2D eigenvalue weighted by Gasteiger charge is 2.09. The second-order valence-corrected chi connectivity index (χ2v) is 5.04. The largest absolute Gasteiger partial charge is 0.388 e. The SMILES string of the molecule is CNc1ccnc(C(=O)NCCC(C)c2ccccc2)c1. The van der Waals surface area contributed by atoms with Crippen molar-refractivity contribution in [3.05, 3.63) is 59.9 Å². The molecule has 0 aliphatic heterocycles. The third kappa shape index (κ3) is 4.31. The first-order valence-electron chi connectivity index (χ1n) is 7.17. The number of pyridine rings is 1. The van der Waals surface area contributed by atoms with Gasteiger partial charge in [-0.25, -0.2) is 0 Å². The van der Waals surface area contributed by atoms with Crippen LogP contribution in [-0.4, -0.2) is 24.5 Å². The molecule has 1 unspecified atom stereocenters. The first-order chi connectivity index (χ1) is 10.2. The molecule has 1 amide bonds. The van der Waals surface area contributed by atoms with E-state index in [1.54, 1.807) is 12.3 Å². The van der Waals surface area contributed by atoms with Gasteiger partial charge < -0.3 is 10.6 Å². The van der Waals surface area contributed by atoms with Gasteiger partial charge in [-0.3, -0.25) is 9.78 Å². The molecule has 1 aromatic heterocycles. The molecule has 0 bridgehead atoms. The number of nitrogens with one attached hydrogen (secondary N) is 2. The van der Waals surface area contributed by atoms with Gasteiger partial charge in [0.2, 0.25) is 0 Å². The van der Waals surface area contributed by atoms with E-state index in [2.05, 4.69) is 34.7 Å². The van der Waals surface area contributed by atoms with Gasteiger partial charge in [0.25, 0.3) is 5.91 Å². The Hall–Kier alpha value is -2.36. The molecule has 0 aliphatic carbocycles. The van der Waals surface area contributed by atoms with Crippen LogP contribution in [0.15, 0.2) is 48.7 Å². The van der Waals surface area contributed by atoms with Gasteiger partial charge in [0, 0.05) is 25.5 Å². The first kappa shape index (κ1) is 15.0. The molecule has 1 heterocycles. The minimum Gasteiger partial charge on any atom is -0.388 e. The van der Waals surface area contributed by atoms with E-state index in [0.717, 1.165) is 12.1 Å². The Morgan fingerprint density at radius 2 is 2.00 bits per heavy atom. The van der Waals surface area contributed by atoms with E-state index in [0.29, 0.717) is 18.2 Å². The number of carbonyl (C=O) groups excluding carboxylic acids is 1. The van der Waals surface area contributed by atoms with E-state index in [9.17, 15) is 4.79 Å². The lowest BCUT2D eigenvalue weighted by Crippen LogP contribution is -2.26. The van der Waals surface area contributed by atoms with Crippen molar-refractivity contribution in [2.75, 3.05) is 18.9 Å². The van der Waals surface area contributed by atoms with Crippen LogP contribution in [0.25, 0.3) is 0 Å². The molecule has 2 aromatic rings. The van der Waals surface area contributed by atoms with Crippen molar-refractivity contribution >= 4 is 11.6 Å². The monoisotopic (exact) mass is 283 g/mol. The molecule has 0 radical (unpaired) electrons. The summed E-state index contributed by atoms with van der Waals surface area (Å²) in [6.45, 7) is 2.81. The Balaban J connectivity index is 1.84. The predicted molar refractivity (Wildman–Crippen MR) is 85.6 cm³/mol. The smallest absolute Gasteiger partial charge is 0.269 e. The first-order valence-corrected chi connectivity index (χ1v) is 7.17. The van der Waals surface area contributed by atoms with Crippen LogP contribution >= 0.6 is 0 Å². The number of nitrogens with zero attached hydrogens (tertiary/aromatic N) is 1. The summed E-state index contributed by atoms with van der Waals surface area (Å²) in [7, 11) is 1.82. The summed E-state index contributed by atoms with van der Waals surface area (Å²) in [6.07, 6.45) is 2.54. The molecule has 0 saturated carbocycles. The van der Waals surface area contributed by atoms with Crippen LogP contribution in [0.2, 0.25) is 0 Å². The molecular weight excluding hydrogens is 262 g/mol. The molecule has 0 saturated heterocycles. The lowest BCUT2D eigenvalue weighted by molar-refractivity contribution is 0.0947. The molecule has 1 aromatic carbocycles. The summed E-state index contributed by atoms with van der Waals surface area (Å²) >= 11 is 0. The molecule has 2 rings (SSSR count). The van der Waals surface area contributed by atoms with Crippen molar-refractivity contribution in [2.24, 2.45) is 0 Å². The second kappa shape index (κ2) is 7.43. The average molecular weight is 283 g/mol. The van der Waals surface area contributed by atoms with E-state index in [1.165, 1.54) is 5.56 Å².